The number of para-hydroxylation sites is 1. The van der Waals surface area contributed by atoms with Gasteiger partial charge in [0.25, 0.3) is 0 Å². The van der Waals surface area contributed by atoms with Crippen molar-refractivity contribution in [3.05, 3.63) is 66.0 Å². The largest absolute Gasteiger partial charge is 0.493 e. The molecule has 6 heteroatoms. The summed E-state index contributed by atoms with van der Waals surface area (Å²) in [5, 5.41) is 0. The lowest BCUT2D eigenvalue weighted by Gasteiger charge is -2.24. The van der Waals surface area contributed by atoms with Crippen molar-refractivity contribution in [1.82, 2.24) is 9.38 Å². The zero-order valence-corrected chi connectivity index (χ0v) is 16.7. The number of pyridine rings is 1. The van der Waals surface area contributed by atoms with E-state index in [4.69, 9.17) is 14.5 Å². The van der Waals surface area contributed by atoms with E-state index in [9.17, 15) is 4.79 Å². The number of rotatable bonds is 7. The quantitative estimate of drug-likeness (QED) is 0.444. The maximum atomic E-state index is 12.2. The minimum atomic E-state index is 0.296. The first-order valence-electron chi connectivity index (χ1n) is 9.80. The van der Waals surface area contributed by atoms with E-state index in [-0.39, 0.29) is 0 Å². The van der Waals surface area contributed by atoms with Gasteiger partial charge in [-0.25, -0.2) is 4.98 Å². The molecule has 1 aliphatic carbocycles. The van der Waals surface area contributed by atoms with Gasteiger partial charge >= 0.3 is 0 Å². The highest BCUT2D eigenvalue weighted by Gasteiger charge is 2.26. The Labute approximate surface area is 170 Å². The number of fused-ring (bicyclic) bond motifs is 1. The monoisotopic (exact) mass is 391 g/mol. The van der Waals surface area contributed by atoms with Gasteiger partial charge in [-0.05, 0) is 37.5 Å². The highest BCUT2D eigenvalue weighted by Crippen LogP contribution is 2.37. The highest BCUT2D eigenvalue weighted by atomic mass is 16.5. The molecular weight excluding hydrogens is 366 g/mol. The van der Waals surface area contributed by atoms with Crippen LogP contribution in [0.4, 0.5) is 5.82 Å². The molecule has 0 fully saturated rings. The van der Waals surface area contributed by atoms with Gasteiger partial charge in [-0.2, -0.15) is 0 Å². The average Bonchev–Trinajstić information content (AvgIpc) is 3.17. The second kappa shape index (κ2) is 8.39. The summed E-state index contributed by atoms with van der Waals surface area (Å²) in [4.78, 5) is 18.8. The third-order valence-electron chi connectivity index (χ3n) is 5.41. The molecule has 4 rings (SSSR count). The number of methoxy groups -OCH3 is 2. The number of aromatic nitrogens is 2. The summed E-state index contributed by atoms with van der Waals surface area (Å²) < 4.78 is 13.0. The molecule has 0 N–H and O–H groups in total. The molecule has 3 aromatic rings. The van der Waals surface area contributed by atoms with E-state index in [1.54, 1.807) is 19.1 Å². The Balaban J connectivity index is 1.80. The van der Waals surface area contributed by atoms with Crippen LogP contribution in [-0.4, -0.2) is 30.0 Å². The third-order valence-corrected chi connectivity index (χ3v) is 5.41. The van der Waals surface area contributed by atoms with Gasteiger partial charge < -0.3 is 9.47 Å². The molecule has 6 nitrogen and oxygen atoms in total. The predicted molar refractivity (Wildman–Crippen MR) is 113 cm³/mol. The van der Waals surface area contributed by atoms with Crippen LogP contribution < -0.4 is 14.4 Å². The highest BCUT2D eigenvalue weighted by molar-refractivity contribution is 5.77. The van der Waals surface area contributed by atoms with E-state index in [0.717, 1.165) is 48.4 Å². The first-order valence-corrected chi connectivity index (χ1v) is 9.80. The molecule has 150 valence electrons. The first-order chi connectivity index (χ1) is 14.3. The van der Waals surface area contributed by atoms with Crippen molar-refractivity contribution in [3.63, 3.8) is 0 Å². The van der Waals surface area contributed by atoms with Gasteiger partial charge in [-0.3, -0.25) is 14.1 Å². The van der Waals surface area contributed by atoms with Gasteiger partial charge in [0.1, 0.15) is 11.5 Å². The molecule has 0 bridgehead atoms. The summed E-state index contributed by atoms with van der Waals surface area (Å²) >= 11 is 0. The summed E-state index contributed by atoms with van der Waals surface area (Å²) in [6.45, 7) is 0.363. The molecule has 1 aromatic carbocycles. The molecule has 1 aliphatic rings. The van der Waals surface area contributed by atoms with Gasteiger partial charge in [-0.15, -0.1) is 0 Å². The average molecular weight is 391 g/mol. The molecule has 29 heavy (non-hydrogen) atoms. The number of anilines is 1. The Bertz CT molecular complexity index is 1040. The fourth-order valence-corrected chi connectivity index (χ4v) is 4.03. The van der Waals surface area contributed by atoms with Crippen LogP contribution in [0.1, 0.15) is 36.4 Å². The minimum Gasteiger partial charge on any atom is -0.493 e. The minimum absolute atomic E-state index is 0.296. The topological polar surface area (TPSA) is 56.1 Å². The number of carbonyl (C=O) groups excluding carboxylic acids is 1. The van der Waals surface area contributed by atoms with Gasteiger partial charge in [0.2, 0.25) is 6.41 Å². The van der Waals surface area contributed by atoms with Crippen LogP contribution in [0.3, 0.4) is 0 Å². The van der Waals surface area contributed by atoms with Gasteiger partial charge in [0.15, 0.2) is 11.5 Å². The van der Waals surface area contributed by atoms with Crippen LogP contribution in [0, 0.1) is 0 Å². The molecule has 0 radical (unpaired) electrons. The zero-order chi connectivity index (χ0) is 20.2. The number of nitrogens with zero attached hydrogens (tertiary/aromatic N) is 3. The summed E-state index contributed by atoms with van der Waals surface area (Å²) in [5.74, 6) is 2.40. The number of hydrogen-bond donors (Lipinski definition) is 0. The lowest BCUT2D eigenvalue weighted by Crippen LogP contribution is -2.24. The molecule has 1 amide bonds. The van der Waals surface area contributed by atoms with Crippen molar-refractivity contribution in [2.75, 3.05) is 19.1 Å². The molecule has 2 heterocycles. The Morgan fingerprint density at radius 2 is 2.07 bits per heavy atom. The fraction of sp³-hybridized carbons (Fsp3) is 0.304. The number of ether oxygens (including phenoxy) is 2. The van der Waals surface area contributed by atoms with E-state index < -0.39 is 0 Å². The number of hydrogen-bond acceptors (Lipinski definition) is 4. The zero-order valence-electron chi connectivity index (χ0n) is 16.7. The lowest BCUT2D eigenvalue weighted by atomic mass is 9.91. The molecule has 0 aliphatic heterocycles. The van der Waals surface area contributed by atoms with E-state index in [2.05, 4.69) is 12.2 Å². The van der Waals surface area contributed by atoms with Crippen molar-refractivity contribution in [2.45, 2.75) is 31.7 Å². The number of benzene rings is 1. The van der Waals surface area contributed by atoms with Crippen molar-refractivity contribution < 1.29 is 14.3 Å². The first kappa shape index (κ1) is 19.1. The van der Waals surface area contributed by atoms with Crippen LogP contribution >= 0.6 is 0 Å². The van der Waals surface area contributed by atoms with Crippen molar-refractivity contribution >= 4 is 17.9 Å². The molecule has 2 aromatic heterocycles. The molecular formula is C23H25N3O3. The maximum absolute atomic E-state index is 12.2. The Hall–Kier alpha value is -3.28. The summed E-state index contributed by atoms with van der Waals surface area (Å²) in [6.07, 6.45) is 10.2. The Morgan fingerprint density at radius 1 is 1.17 bits per heavy atom. The normalized spacial score (nSPS) is 16.0. The van der Waals surface area contributed by atoms with Crippen LogP contribution in [0.5, 0.6) is 11.5 Å². The van der Waals surface area contributed by atoms with E-state index in [1.165, 1.54) is 0 Å². The van der Waals surface area contributed by atoms with Gasteiger partial charge in [-0.1, -0.05) is 30.4 Å². The van der Waals surface area contributed by atoms with Gasteiger partial charge in [0.05, 0.1) is 26.5 Å². The maximum Gasteiger partial charge on any atom is 0.215 e. The number of carbonyl (C=O) groups is 1. The summed E-state index contributed by atoms with van der Waals surface area (Å²) in [6, 6.07) is 11.6. The number of imidazole rings is 1. The van der Waals surface area contributed by atoms with E-state index in [1.807, 2.05) is 47.0 Å². The van der Waals surface area contributed by atoms with Crippen molar-refractivity contribution in [3.8, 4) is 11.5 Å². The van der Waals surface area contributed by atoms with Crippen LogP contribution in [0.2, 0.25) is 0 Å². The molecule has 0 saturated carbocycles. The molecule has 1 atom stereocenters. The summed E-state index contributed by atoms with van der Waals surface area (Å²) in [7, 11) is 3.22. The number of amides is 1. The van der Waals surface area contributed by atoms with E-state index in [0.29, 0.717) is 24.0 Å². The fourth-order valence-electron chi connectivity index (χ4n) is 4.03. The third kappa shape index (κ3) is 3.58. The van der Waals surface area contributed by atoms with Crippen LogP contribution in [0.15, 0.2) is 54.7 Å². The Kier molecular flexibility index (Phi) is 5.51. The second-order valence-corrected chi connectivity index (χ2v) is 7.12. The SMILES string of the molecule is COc1cccc(CN(C=O)c2c(C3CC=CCC3)nc3ccccn23)c1OC. The smallest absolute Gasteiger partial charge is 0.215 e. The second-order valence-electron chi connectivity index (χ2n) is 7.12. The molecule has 0 spiro atoms. The Morgan fingerprint density at radius 3 is 2.79 bits per heavy atom. The predicted octanol–water partition coefficient (Wildman–Crippen LogP) is 4.34. The van der Waals surface area contributed by atoms with Crippen molar-refractivity contribution in [1.29, 1.82) is 0 Å². The van der Waals surface area contributed by atoms with E-state index >= 15 is 0 Å². The summed E-state index contributed by atoms with van der Waals surface area (Å²) in [5.41, 5.74) is 2.69. The van der Waals surface area contributed by atoms with Crippen LogP contribution in [-0.2, 0) is 11.3 Å². The standard InChI is InChI=1S/C23H25N3O3/c1-28-19-12-8-11-18(22(19)29-2)15-25(16-27)23-21(17-9-4-3-5-10-17)24-20-13-6-7-14-26(20)23/h3-4,6-8,11-14,16-17H,5,9-10,15H2,1-2H3. The lowest BCUT2D eigenvalue weighted by molar-refractivity contribution is -0.107. The number of allylic oxidation sites excluding steroid dienone is 2. The van der Waals surface area contributed by atoms with Crippen molar-refractivity contribution in [2.24, 2.45) is 0 Å². The van der Waals surface area contributed by atoms with Gasteiger partial charge in [0, 0.05) is 17.7 Å². The molecule has 0 saturated heterocycles. The van der Waals surface area contributed by atoms with Crippen LogP contribution in [0.25, 0.3) is 5.65 Å². The molecule has 1 unspecified atom stereocenters.